The number of hydrogen-bond donors (Lipinski definition) is 0. The summed E-state index contributed by atoms with van der Waals surface area (Å²) in [7, 11) is 4.14. The van der Waals surface area contributed by atoms with Gasteiger partial charge in [-0.2, -0.15) is 0 Å². The maximum Gasteiger partial charge on any atom is 0.242 e. The average molecular weight is 285 g/mol. The van der Waals surface area contributed by atoms with Crippen molar-refractivity contribution in [3.8, 4) is 0 Å². The Morgan fingerprint density at radius 1 is 1.42 bits per heavy atom. The molecule has 0 radical (unpaired) electrons. The van der Waals surface area contributed by atoms with Gasteiger partial charge in [0, 0.05) is 19.1 Å². The Morgan fingerprint density at radius 2 is 2.16 bits per heavy atom. The van der Waals surface area contributed by atoms with Crippen LogP contribution in [0.2, 0.25) is 0 Å². The number of thioether (sulfide) groups is 1. The zero-order chi connectivity index (χ0) is 14.0. The minimum absolute atomic E-state index is 0.0914. The van der Waals surface area contributed by atoms with E-state index in [9.17, 15) is 9.59 Å². The number of nitrogens with zero attached hydrogens (tertiary/aromatic N) is 3. The second-order valence-electron chi connectivity index (χ2n) is 5.57. The monoisotopic (exact) mass is 285 g/mol. The van der Waals surface area contributed by atoms with Crippen molar-refractivity contribution in [3.63, 3.8) is 0 Å². The maximum absolute atomic E-state index is 12.3. The van der Waals surface area contributed by atoms with Crippen LogP contribution in [0.3, 0.4) is 0 Å². The largest absolute Gasteiger partial charge is 0.339 e. The van der Waals surface area contributed by atoms with E-state index in [2.05, 4.69) is 25.9 Å². The van der Waals surface area contributed by atoms with Crippen molar-refractivity contribution >= 4 is 23.6 Å². The number of carbonyl (C=O) groups excluding carboxylic acids is 2. The van der Waals surface area contributed by atoms with Crippen molar-refractivity contribution in [2.45, 2.75) is 19.4 Å². The van der Waals surface area contributed by atoms with Crippen LogP contribution in [-0.4, -0.2) is 77.9 Å². The van der Waals surface area contributed by atoms with E-state index in [-0.39, 0.29) is 18.4 Å². The van der Waals surface area contributed by atoms with Crippen LogP contribution >= 0.6 is 11.8 Å². The average Bonchev–Trinajstić information content (AvgIpc) is 2.96. The van der Waals surface area contributed by atoms with Gasteiger partial charge in [-0.15, -0.1) is 11.8 Å². The Morgan fingerprint density at radius 3 is 2.63 bits per heavy atom. The number of rotatable bonds is 4. The first kappa shape index (κ1) is 14.7. The molecule has 2 fully saturated rings. The maximum atomic E-state index is 12.3. The molecule has 2 aliphatic rings. The molecule has 2 heterocycles. The van der Waals surface area contributed by atoms with E-state index in [1.165, 1.54) is 0 Å². The van der Waals surface area contributed by atoms with Crippen molar-refractivity contribution in [2.75, 3.05) is 45.4 Å². The summed E-state index contributed by atoms with van der Waals surface area (Å²) in [6.45, 7) is 4.05. The van der Waals surface area contributed by atoms with Crippen LogP contribution in [0.4, 0.5) is 0 Å². The lowest BCUT2D eigenvalue weighted by atomic mass is 10.0. The standard InChI is InChI=1S/C13H23N3O2S/c1-4-10-5-15(6-11(10)14(2)3)12(17)7-16-9-19-8-13(16)18/h10-11H,4-9H2,1-3H3/t10-,11-/m0/s1. The van der Waals surface area contributed by atoms with Crippen LogP contribution in [-0.2, 0) is 9.59 Å². The molecule has 5 nitrogen and oxygen atoms in total. The Balaban J connectivity index is 1.91. The first-order valence-corrected chi connectivity index (χ1v) is 7.98. The zero-order valence-electron chi connectivity index (χ0n) is 12.0. The number of amides is 2. The number of carbonyl (C=O) groups is 2. The van der Waals surface area contributed by atoms with Gasteiger partial charge in [0.05, 0.1) is 11.6 Å². The molecule has 0 aromatic carbocycles. The summed E-state index contributed by atoms with van der Waals surface area (Å²) < 4.78 is 0. The number of hydrogen-bond acceptors (Lipinski definition) is 4. The van der Waals surface area contributed by atoms with E-state index in [0.29, 0.717) is 23.6 Å². The zero-order valence-corrected chi connectivity index (χ0v) is 12.8. The molecule has 6 heteroatoms. The van der Waals surface area contributed by atoms with Crippen LogP contribution in [0.1, 0.15) is 13.3 Å². The molecule has 0 spiro atoms. The van der Waals surface area contributed by atoms with Gasteiger partial charge >= 0.3 is 0 Å². The molecule has 0 saturated carbocycles. The Labute approximate surface area is 119 Å². The fourth-order valence-electron chi connectivity index (χ4n) is 2.85. The lowest BCUT2D eigenvalue weighted by Crippen LogP contribution is -2.41. The molecular formula is C13H23N3O2S. The summed E-state index contributed by atoms with van der Waals surface area (Å²) in [5, 5.41) is 0. The van der Waals surface area contributed by atoms with E-state index < -0.39 is 0 Å². The summed E-state index contributed by atoms with van der Waals surface area (Å²) in [5.74, 6) is 1.91. The van der Waals surface area contributed by atoms with Gasteiger partial charge in [-0.1, -0.05) is 13.3 Å². The lowest BCUT2D eigenvalue weighted by Gasteiger charge is -2.24. The molecule has 19 heavy (non-hydrogen) atoms. The summed E-state index contributed by atoms with van der Waals surface area (Å²) in [6.07, 6.45) is 1.09. The highest BCUT2D eigenvalue weighted by atomic mass is 32.2. The highest BCUT2D eigenvalue weighted by Gasteiger charge is 2.36. The van der Waals surface area contributed by atoms with Crippen molar-refractivity contribution in [1.29, 1.82) is 0 Å². The second kappa shape index (κ2) is 6.13. The molecule has 2 aliphatic heterocycles. The van der Waals surface area contributed by atoms with Gasteiger partial charge in [0.25, 0.3) is 0 Å². The Kier molecular flexibility index (Phi) is 4.73. The molecule has 0 aromatic rings. The van der Waals surface area contributed by atoms with Gasteiger partial charge in [-0.3, -0.25) is 9.59 Å². The normalized spacial score (nSPS) is 27.7. The molecule has 108 valence electrons. The first-order chi connectivity index (χ1) is 9.02. The minimum atomic E-state index is 0.0914. The Hall–Kier alpha value is -0.750. The third kappa shape index (κ3) is 3.23. The smallest absolute Gasteiger partial charge is 0.242 e. The quantitative estimate of drug-likeness (QED) is 0.746. The van der Waals surface area contributed by atoms with Gasteiger partial charge in [-0.25, -0.2) is 0 Å². The van der Waals surface area contributed by atoms with E-state index in [1.807, 2.05) is 4.90 Å². The molecule has 2 atom stereocenters. The molecule has 2 saturated heterocycles. The third-order valence-corrected chi connectivity index (χ3v) is 5.04. The molecular weight excluding hydrogens is 262 g/mol. The molecule has 0 bridgehead atoms. The summed E-state index contributed by atoms with van der Waals surface area (Å²) in [4.78, 5) is 29.6. The van der Waals surface area contributed by atoms with Crippen LogP contribution in [0.5, 0.6) is 0 Å². The highest BCUT2D eigenvalue weighted by Crippen LogP contribution is 2.24. The third-order valence-electron chi connectivity index (χ3n) is 4.10. The molecule has 0 unspecified atom stereocenters. The summed E-state index contributed by atoms with van der Waals surface area (Å²) >= 11 is 1.58. The molecule has 0 aliphatic carbocycles. The van der Waals surface area contributed by atoms with E-state index >= 15 is 0 Å². The highest BCUT2D eigenvalue weighted by molar-refractivity contribution is 8.00. The molecule has 2 rings (SSSR count). The van der Waals surface area contributed by atoms with Gasteiger partial charge < -0.3 is 14.7 Å². The molecule has 2 amide bonds. The van der Waals surface area contributed by atoms with Crippen LogP contribution in [0, 0.1) is 5.92 Å². The number of likely N-dealkylation sites (N-methyl/N-ethyl adjacent to an activating group) is 1. The summed E-state index contributed by atoms with van der Waals surface area (Å²) in [6, 6.07) is 0.442. The van der Waals surface area contributed by atoms with Gasteiger partial charge in [0.1, 0.15) is 6.54 Å². The molecule has 0 N–H and O–H groups in total. The van der Waals surface area contributed by atoms with Crippen molar-refractivity contribution < 1.29 is 9.59 Å². The number of likely N-dealkylation sites (tertiary alicyclic amines) is 1. The SMILES string of the molecule is CC[C@H]1CN(C(=O)CN2CSCC2=O)C[C@@H]1N(C)C. The Bertz CT molecular complexity index is 362. The predicted molar refractivity (Wildman–Crippen MR) is 76.9 cm³/mol. The first-order valence-electron chi connectivity index (χ1n) is 6.82. The van der Waals surface area contributed by atoms with Crippen molar-refractivity contribution in [3.05, 3.63) is 0 Å². The van der Waals surface area contributed by atoms with Gasteiger partial charge in [0.15, 0.2) is 0 Å². The fourth-order valence-corrected chi connectivity index (χ4v) is 3.75. The van der Waals surface area contributed by atoms with Crippen molar-refractivity contribution in [2.24, 2.45) is 5.92 Å². The van der Waals surface area contributed by atoms with Crippen LogP contribution in [0.25, 0.3) is 0 Å². The van der Waals surface area contributed by atoms with Crippen LogP contribution in [0.15, 0.2) is 0 Å². The molecule has 0 aromatic heterocycles. The van der Waals surface area contributed by atoms with E-state index in [4.69, 9.17) is 0 Å². The lowest BCUT2D eigenvalue weighted by molar-refractivity contribution is -0.137. The second-order valence-corrected chi connectivity index (χ2v) is 6.52. The van der Waals surface area contributed by atoms with E-state index in [1.54, 1.807) is 16.7 Å². The predicted octanol–water partition coefficient (Wildman–Crippen LogP) is 0.318. The van der Waals surface area contributed by atoms with Gasteiger partial charge in [-0.05, 0) is 20.0 Å². The topological polar surface area (TPSA) is 43.9 Å². The van der Waals surface area contributed by atoms with Crippen molar-refractivity contribution in [1.82, 2.24) is 14.7 Å². The van der Waals surface area contributed by atoms with Crippen LogP contribution < -0.4 is 0 Å². The van der Waals surface area contributed by atoms with Gasteiger partial charge in [0.2, 0.25) is 11.8 Å². The summed E-state index contributed by atoms with van der Waals surface area (Å²) in [5.41, 5.74) is 0. The fraction of sp³-hybridized carbons (Fsp3) is 0.846. The van der Waals surface area contributed by atoms with E-state index in [0.717, 1.165) is 19.5 Å². The minimum Gasteiger partial charge on any atom is -0.339 e.